The van der Waals surface area contributed by atoms with Crippen LogP contribution in [0.25, 0.3) is 11.3 Å². The van der Waals surface area contributed by atoms with Gasteiger partial charge in [-0.1, -0.05) is 46.4 Å². The highest BCUT2D eigenvalue weighted by molar-refractivity contribution is 6.41. The van der Waals surface area contributed by atoms with Gasteiger partial charge in [-0.05, 0) is 23.8 Å². The number of carboxylic acid groups (broad SMARTS) is 1. The lowest BCUT2D eigenvalue weighted by Crippen LogP contribution is -2.03. The zero-order valence-corrected chi connectivity index (χ0v) is 12.9. The smallest absolute Gasteiger partial charge is 0.307 e. The Kier molecular flexibility index (Phi) is 4.76. The number of pyridine rings is 1. The Balaban J connectivity index is 2.66. The van der Waals surface area contributed by atoms with Gasteiger partial charge in [-0.25, -0.2) is 0 Å². The van der Waals surface area contributed by atoms with Crippen molar-refractivity contribution in [2.45, 2.75) is 6.42 Å². The van der Waals surface area contributed by atoms with E-state index >= 15 is 0 Å². The van der Waals surface area contributed by atoms with Crippen molar-refractivity contribution in [1.29, 1.82) is 0 Å². The van der Waals surface area contributed by atoms with E-state index in [9.17, 15) is 4.79 Å². The van der Waals surface area contributed by atoms with Crippen LogP contribution in [0.1, 0.15) is 5.56 Å². The lowest BCUT2D eigenvalue weighted by Gasteiger charge is -2.11. The second kappa shape index (κ2) is 6.19. The van der Waals surface area contributed by atoms with Crippen molar-refractivity contribution in [3.63, 3.8) is 0 Å². The van der Waals surface area contributed by atoms with E-state index in [-0.39, 0.29) is 6.42 Å². The van der Waals surface area contributed by atoms with Crippen LogP contribution in [-0.2, 0) is 11.2 Å². The number of aromatic nitrogens is 1. The van der Waals surface area contributed by atoms with Crippen LogP contribution in [0.2, 0.25) is 20.1 Å². The van der Waals surface area contributed by atoms with Crippen LogP contribution < -0.4 is 0 Å². The maximum absolute atomic E-state index is 10.9. The highest BCUT2D eigenvalue weighted by atomic mass is 35.5. The molecule has 0 atom stereocenters. The summed E-state index contributed by atoms with van der Waals surface area (Å²) in [6.07, 6.45) is 1.17. The fourth-order valence-electron chi connectivity index (χ4n) is 1.77. The summed E-state index contributed by atoms with van der Waals surface area (Å²) in [5.74, 6) is -1.00. The van der Waals surface area contributed by atoms with Gasteiger partial charge in [0.15, 0.2) is 0 Å². The van der Waals surface area contributed by atoms with Crippen molar-refractivity contribution in [3.05, 3.63) is 50.0 Å². The molecule has 1 heterocycles. The first kappa shape index (κ1) is 15.4. The third kappa shape index (κ3) is 3.36. The van der Waals surface area contributed by atoms with Gasteiger partial charge in [-0.3, -0.25) is 9.78 Å². The summed E-state index contributed by atoms with van der Waals surface area (Å²) in [5, 5.41) is 10.3. The predicted molar refractivity (Wildman–Crippen MR) is 81.1 cm³/mol. The number of rotatable bonds is 3. The lowest BCUT2D eigenvalue weighted by molar-refractivity contribution is -0.136. The fourth-order valence-corrected chi connectivity index (χ4v) is 2.95. The van der Waals surface area contributed by atoms with Gasteiger partial charge in [-0.15, -0.1) is 0 Å². The molecular weight excluding hydrogens is 344 g/mol. The first-order valence-electron chi connectivity index (χ1n) is 5.39. The fraction of sp³-hybridized carbons (Fsp3) is 0.0769. The zero-order valence-electron chi connectivity index (χ0n) is 9.83. The van der Waals surface area contributed by atoms with E-state index in [1.165, 1.54) is 24.4 Å². The van der Waals surface area contributed by atoms with Gasteiger partial charge in [0, 0.05) is 16.8 Å². The normalized spacial score (nSPS) is 10.6. The van der Waals surface area contributed by atoms with Crippen LogP contribution in [0, 0.1) is 0 Å². The molecule has 2 aromatic rings. The van der Waals surface area contributed by atoms with E-state index in [1.54, 1.807) is 0 Å². The minimum atomic E-state index is -1.00. The van der Waals surface area contributed by atoms with Gasteiger partial charge < -0.3 is 5.11 Å². The summed E-state index contributed by atoms with van der Waals surface area (Å²) in [6, 6.07) is 4.57. The van der Waals surface area contributed by atoms with Crippen LogP contribution in [0.3, 0.4) is 0 Å². The number of carboxylic acids is 1. The van der Waals surface area contributed by atoms with Crippen molar-refractivity contribution in [2.75, 3.05) is 0 Å². The molecule has 3 nitrogen and oxygen atoms in total. The Morgan fingerprint density at radius 2 is 1.65 bits per heavy atom. The Labute approximate surface area is 135 Å². The summed E-state index contributed by atoms with van der Waals surface area (Å²) in [7, 11) is 0. The molecule has 0 aliphatic rings. The minimum Gasteiger partial charge on any atom is -0.481 e. The molecule has 0 aliphatic heterocycles. The molecule has 1 aromatic heterocycles. The number of hydrogen-bond acceptors (Lipinski definition) is 2. The van der Waals surface area contributed by atoms with E-state index < -0.39 is 5.97 Å². The number of nitrogens with zero attached hydrogens (tertiary/aromatic N) is 1. The standard InChI is InChI=1S/C13H7Cl4NO2/c14-7-3-9(16)12(10(17)4-7)13-6(2-11(19)20)1-8(15)5-18-13/h1,3-5H,2H2,(H,19,20). The van der Waals surface area contributed by atoms with E-state index in [2.05, 4.69) is 4.98 Å². The number of hydrogen-bond donors (Lipinski definition) is 1. The average Bonchev–Trinajstić information content (AvgIpc) is 2.29. The van der Waals surface area contributed by atoms with Crippen LogP contribution in [0.15, 0.2) is 24.4 Å². The molecule has 20 heavy (non-hydrogen) atoms. The molecule has 0 amide bonds. The Bertz CT molecular complexity index is 665. The number of carbonyl (C=O) groups is 1. The lowest BCUT2D eigenvalue weighted by atomic mass is 10.0. The third-order valence-electron chi connectivity index (χ3n) is 2.52. The quantitative estimate of drug-likeness (QED) is 0.848. The molecule has 0 saturated heterocycles. The molecule has 0 saturated carbocycles. The SMILES string of the molecule is O=C(O)Cc1cc(Cl)cnc1-c1c(Cl)cc(Cl)cc1Cl. The third-order valence-corrected chi connectivity index (χ3v) is 3.54. The average molecular weight is 351 g/mol. The molecule has 1 aromatic carbocycles. The van der Waals surface area contributed by atoms with Crippen molar-refractivity contribution in [3.8, 4) is 11.3 Å². The monoisotopic (exact) mass is 349 g/mol. The molecule has 0 bridgehead atoms. The van der Waals surface area contributed by atoms with Gasteiger partial charge in [-0.2, -0.15) is 0 Å². The summed E-state index contributed by atoms with van der Waals surface area (Å²) in [5.41, 5.74) is 1.24. The van der Waals surface area contributed by atoms with Gasteiger partial charge in [0.05, 0.1) is 27.2 Å². The van der Waals surface area contributed by atoms with Crippen LogP contribution in [0.5, 0.6) is 0 Å². The number of halogens is 4. The summed E-state index contributed by atoms with van der Waals surface area (Å²) in [6.45, 7) is 0. The summed E-state index contributed by atoms with van der Waals surface area (Å²) < 4.78 is 0. The zero-order chi connectivity index (χ0) is 14.9. The highest BCUT2D eigenvalue weighted by Crippen LogP contribution is 2.38. The van der Waals surface area contributed by atoms with Gasteiger partial charge >= 0.3 is 5.97 Å². The van der Waals surface area contributed by atoms with Crippen molar-refractivity contribution in [1.82, 2.24) is 4.98 Å². The molecule has 0 unspecified atom stereocenters. The minimum absolute atomic E-state index is 0.238. The van der Waals surface area contributed by atoms with E-state index in [0.717, 1.165) is 0 Å². The Morgan fingerprint density at radius 1 is 1.05 bits per heavy atom. The first-order chi connectivity index (χ1) is 9.38. The van der Waals surface area contributed by atoms with Crippen LogP contribution >= 0.6 is 46.4 Å². The van der Waals surface area contributed by atoms with E-state index in [0.29, 0.717) is 36.9 Å². The maximum atomic E-state index is 10.9. The predicted octanol–water partition coefficient (Wildman–Crippen LogP) is 4.99. The van der Waals surface area contributed by atoms with Gasteiger partial charge in [0.2, 0.25) is 0 Å². The van der Waals surface area contributed by atoms with Crippen molar-refractivity contribution < 1.29 is 9.90 Å². The summed E-state index contributed by atoms with van der Waals surface area (Å²) >= 11 is 24.0. The largest absolute Gasteiger partial charge is 0.481 e. The Hall–Kier alpha value is -1.000. The first-order valence-corrected chi connectivity index (χ1v) is 6.91. The van der Waals surface area contributed by atoms with Gasteiger partial charge in [0.1, 0.15) is 0 Å². The Morgan fingerprint density at radius 3 is 2.20 bits per heavy atom. The topological polar surface area (TPSA) is 50.2 Å². The van der Waals surface area contributed by atoms with E-state index in [1.807, 2.05) is 0 Å². The van der Waals surface area contributed by atoms with Gasteiger partial charge in [0.25, 0.3) is 0 Å². The molecule has 104 valence electrons. The highest BCUT2D eigenvalue weighted by Gasteiger charge is 2.17. The number of benzene rings is 1. The van der Waals surface area contributed by atoms with Crippen LogP contribution in [-0.4, -0.2) is 16.1 Å². The molecule has 2 rings (SSSR count). The summed E-state index contributed by atoms with van der Waals surface area (Å²) in [4.78, 5) is 15.1. The van der Waals surface area contributed by atoms with Crippen LogP contribution in [0.4, 0.5) is 0 Å². The molecule has 0 fully saturated rings. The number of aliphatic carboxylic acids is 1. The molecule has 0 spiro atoms. The molecule has 7 heteroatoms. The van der Waals surface area contributed by atoms with Crippen molar-refractivity contribution in [2.24, 2.45) is 0 Å². The second-order valence-electron chi connectivity index (χ2n) is 3.98. The van der Waals surface area contributed by atoms with E-state index in [4.69, 9.17) is 51.5 Å². The maximum Gasteiger partial charge on any atom is 0.307 e. The second-order valence-corrected chi connectivity index (χ2v) is 5.66. The molecular formula is C13H7Cl4NO2. The molecule has 0 radical (unpaired) electrons. The van der Waals surface area contributed by atoms with Crippen molar-refractivity contribution >= 4 is 52.4 Å². The molecule has 0 aliphatic carbocycles. The molecule has 1 N–H and O–H groups in total.